The largest absolute Gasteiger partial charge is 0.759 e. The second-order valence-electron chi connectivity index (χ2n) is 3.16. The third-order valence-corrected chi connectivity index (χ3v) is 2.26. The monoisotopic (exact) mass is 196 g/mol. The summed E-state index contributed by atoms with van der Waals surface area (Å²) in [6, 6.07) is 9.50. The first-order valence-electron chi connectivity index (χ1n) is 4.41. The topological polar surface area (TPSA) is 54.9 Å². The van der Waals surface area contributed by atoms with Gasteiger partial charge >= 0.3 is 0 Å². The molecule has 0 N–H and O–H groups in total. The first-order chi connectivity index (χ1) is 7.27. The van der Waals surface area contributed by atoms with E-state index < -0.39 is 0 Å². The molecule has 1 heterocycles. The number of imidazole rings is 1. The number of hydrogen-bond acceptors (Lipinski definition) is 1. The summed E-state index contributed by atoms with van der Waals surface area (Å²) in [4.78, 5) is 0. The van der Waals surface area contributed by atoms with Crippen molar-refractivity contribution in [2.75, 3.05) is 0 Å². The Labute approximate surface area is 86.8 Å². The zero-order chi connectivity index (χ0) is 10.8. The van der Waals surface area contributed by atoms with Gasteiger partial charge in [0.1, 0.15) is 0 Å². The number of aryl methyl sites for hydroxylation is 1. The van der Waals surface area contributed by atoms with E-state index in [1.165, 1.54) is 0 Å². The van der Waals surface area contributed by atoms with Gasteiger partial charge in [-0.15, -0.1) is 0 Å². The smallest absolute Gasteiger partial charge is 0.250 e. The Balaban J connectivity index is 2.85. The Morgan fingerprint density at radius 2 is 2.20 bits per heavy atom. The predicted octanol–water partition coefficient (Wildman–Crippen LogP) is 1.07. The van der Waals surface area contributed by atoms with Gasteiger partial charge in [0.05, 0.1) is 7.05 Å². The normalized spacial score (nSPS) is 9.60. The molecule has 0 spiro atoms. The molecular formula is C11H8N4. The molecule has 72 valence electrons. The van der Waals surface area contributed by atoms with Crippen LogP contribution in [0.5, 0.6) is 0 Å². The van der Waals surface area contributed by atoms with E-state index in [0.717, 1.165) is 11.0 Å². The summed E-state index contributed by atoms with van der Waals surface area (Å²) in [7, 11) is 1.88. The Bertz CT molecular complexity index is 609. The van der Waals surface area contributed by atoms with Gasteiger partial charge in [-0.2, -0.15) is 9.83 Å². The lowest BCUT2D eigenvalue weighted by atomic mass is 10.3. The lowest BCUT2D eigenvalue weighted by Gasteiger charge is -1.91. The van der Waals surface area contributed by atoms with E-state index in [1.54, 1.807) is 10.9 Å². The van der Waals surface area contributed by atoms with E-state index in [1.807, 2.05) is 47.8 Å². The zero-order valence-corrected chi connectivity index (χ0v) is 8.18. The molecule has 0 bridgehead atoms. The van der Waals surface area contributed by atoms with Crippen LogP contribution in [0, 0.1) is 11.3 Å². The minimum atomic E-state index is 0.0757. The van der Waals surface area contributed by atoms with Gasteiger partial charge in [0, 0.05) is 0 Å². The fourth-order valence-electron chi connectivity index (χ4n) is 1.57. The van der Waals surface area contributed by atoms with Crippen LogP contribution in [0.25, 0.3) is 22.1 Å². The van der Waals surface area contributed by atoms with Crippen molar-refractivity contribution < 1.29 is 4.57 Å². The maximum Gasteiger partial charge on any atom is 0.250 e. The molecule has 0 atom stereocenters. The van der Waals surface area contributed by atoms with Crippen molar-refractivity contribution in [3.63, 3.8) is 0 Å². The number of allylic oxidation sites excluding steroid dienone is 1. The van der Waals surface area contributed by atoms with Crippen molar-refractivity contribution in [2.45, 2.75) is 0 Å². The third-order valence-electron chi connectivity index (χ3n) is 2.26. The summed E-state index contributed by atoms with van der Waals surface area (Å²) >= 11 is 0. The highest BCUT2D eigenvalue weighted by Gasteiger charge is 2.14. The van der Waals surface area contributed by atoms with Gasteiger partial charge in [-0.05, 0) is 12.1 Å². The average Bonchev–Trinajstić information content (AvgIpc) is 2.60. The van der Waals surface area contributed by atoms with Crippen LogP contribution in [-0.2, 0) is 7.05 Å². The quantitative estimate of drug-likeness (QED) is 0.382. The molecular weight excluding hydrogens is 188 g/mol. The Kier molecular flexibility index (Phi) is 2.09. The van der Waals surface area contributed by atoms with Crippen molar-refractivity contribution in [3.8, 4) is 6.07 Å². The van der Waals surface area contributed by atoms with Gasteiger partial charge < -0.3 is 5.41 Å². The lowest BCUT2D eigenvalue weighted by molar-refractivity contribution is -0.645. The Hall–Kier alpha value is -2.37. The number of rotatable bonds is 1. The first-order valence-corrected chi connectivity index (χ1v) is 4.41. The van der Waals surface area contributed by atoms with Crippen molar-refractivity contribution in [1.29, 1.82) is 5.26 Å². The second-order valence-corrected chi connectivity index (χ2v) is 3.16. The van der Waals surface area contributed by atoms with Gasteiger partial charge in [-0.1, -0.05) is 12.1 Å². The predicted molar refractivity (Wildman–Crippen MR) is 56.8 cm³/mol. The van der Waals surface area contributed by atoms with Gasteiger partial charge in [0.25, 0.3) is 6.33 Å². The molecule has 4 heteroatoms. The van der Waals surface area contributed by atoms with Gasteiger partial charge in [-0.25, -0.2) is 10.4 Å². The number of nitriles is 1. The Morgan fingerprint density at radius 3 is 2.87 bits per heavy atom. The summed E-state index contributed by atoms with van der Waals surface area (Å²) in [6.07, 6.45) is 1.73. The van der Waals surface area contributed by atoms with Crippen molar-refractivity contribution in [2.24, 2.45) is 7.05 Å². The van der Waals surface area contributed by atoms with Crippen LogP contribution in [0.2, 0.25) is 0 Å². The molecule has 0 aliphatic heterocycles. The molecule has 0 aliphatic rings. The van der Waals surface area contributed by atoms with E-state index >= 15 is 0 Å². The number of nitrogens with zero attached hydrogens (tertiary/aromatic N) is 4. The summed E-state index contributed by atoms with van der Waals surface area (Å²) in [5.74, 6) is 1.88. The molecule has 0 saturated heterocycles. The average molecular weight is 196 g/mol. The van der Waals surface area contributed by atoms with Crippen molar-refractivity contribution in [3.05, 3.63) is 36.0 Å². The molecule has 4 nitrogen and oxygen atoms in total. The molecule has 1 aromatic carbocycles. The number of benzene rings is 1. The Morgan fingerprint density at radius 1 is 1.47 bits per heavy atom. The molecule has 0 amide bonds. The maximum atomic E-state index is 8.81. The van der Waals surface area contributed by atoms with Crippen molar-refractivity contribution in [1.82, 2.24) is 4.57 Å². The molecule has 15 heavy (non-hydrogen) atoms. The molecule has 2 aromatic rings. The van der Waals surface area contributed by atoms with E-state index in [2.05, 4.69) is 0 Å². The standard InChI is InChI=1S/C11H8N4/c1-14-8-15(9(6-12)7-13)11-5-3-2-4-10(11)14/h2-5,8H,1H3. The minimum absolute atomic E-state index is 0.0757. The SMILES string of the molecule is C[n+]1cn(C(=C=[N-])C#N)c2ccccc21. The van der Waals surface area contributed by atoms with Gasteiger partial charge in [0.2, 0.25) is 5.70 Å². The number of para-hydroxylation sites is 2. The van der Waals surface area contributed by atoms with Crippen LogP contribution in [-0.4, -0.2) is 10.4 Å². The highest BCUT2D eigenvalue weighted by molar-refractivity contribution is 5.93. The molecule has 2 rings (SSSR count). The maximum absolute atomic E-state index is 8.81. The molecule has 0 unspecified atom stereocenters. The van der Waals surface area contributed by atoms with E-state index in [9.17, 15) is 0 Å². The molecule has 0 aliphatic carbocycles. The van der Waals surface area contributed by atoms with Crippen LogP contribution in [0.1, 0.15) is 0 Å². The van der Waals surface area contributed by atoms with Crippen LogP contribution >= 0.6 is 0 Å². The van der Waals surface area contributed by atoms with Gasteiger partial charge in [-0.3, -0.25) is 0 Å². The van der Waals surface area contributed by atoms with Crippen molar-refractivity contribution >= 4 is 22.6 Å². The van der Waals surface area contributed by atoms with Crippen LogP contribution in [0.3, 0.4) is 0 Å². The van der Waals surface area contributed by atoms with Gasteiger partial charge in [0.15, 0.2) is 17.1 Å². The number of fused-ring (bicyclic) bond motifs is 1. The highest BCUT2D eigenvalue weighted by Crippen LogP contribution is 2.13. The first kappa shape index (κ1) is 9.20. The minimum Gasteiger partial charge on any atom is -0.759 e. The highest BCUT2D eigenvalue weighted by atomic mass is 15.1. The molecule has 0 fully saturated rings. The molecule has 0 radical (unpaired) electrons. The van der Waals surface area contributed by atoms with Crippen LogP contribution < -0.4 is 4.57 Å². The number of hydrogen-bond donors (Lipinski definition) is 0. The van der Waals surface area contributed by atoms with E-state index in [4.69, 9.17) is 10.7 Å². The van der Waals surface area contributed by atoms with E-state index in [-0.39, 0.29) is 5.70 Å². The lowest BCUT2D eigenvalue weighted by Crippen LogP contribution is -2.25. The zero-order valence-electron chi connectivity index (χ0n) is 8.18. The summed E-state index contributed by atoms with van der Waals surface area (Å²) in [5.41, 5.74) is 1.92. The van der Waals surface area contributed by atoms with Crippen LogP contribution in [0.15, 0.2) is 30.6 Å². The summed E-state index contributed by atoms with van der Waals surface area (Å²) in [6.45, 7) is 0. The van der Waals surface area contributed by atoms with E-state index in [0.29, 0.717) is 0 Å². The second kappa shape index (κ2) is 3.41. The molecule has 0 saturated carbocycles. The fourth-order valence-corrected chi connectivity index (χ4v) is 1.57. The summed E-state index contributed by atoms with van der Waals surface area (Å²) in [5, 5.41) is 17.6. The molecule has 1 aromatic heterocycles. The fraction of sp³-hybridized carbons (Fsp3) is 0.0909. The van der Waals surface area contributed by atoms with Crippen LogP contribution in [0.4, 0.5) is 0 Å². The summed E-state index contributed by atoms with van der Waals surface area (Å²) < 4.78 is 3.47. The number of aromatic nitrogens is 2. The third kappa shape index (κ3) is 1.32.